The molecular weight excluding hydrogens is 120 g/mol. The van der Waals surface area contributed by atoms with Crippen LogP contribution in [-0.2, 0) is 9.53 Å². The van der Waals surface area contributed by atoms with E-state index in [2.05, 4.69) is 4.74 Å². The van der Waals surface area contributed by atoms with Gasteiger partial charge < -0.3 is 14.6 Å². The van der Waals surface area contributed by atoms with Crippen LogP contribution in [0.25, 0.3) is 0 Å². The van der Waals surface area contributed by atoms with Gasteiger partial charge in [-0.15, -0.1) is 0 Å². The highest BCUT2D eigenvalue weighted by atomic mass is 16.6. The lowest BCUT2D eigenvalue weighted by Crippen LogP contribution is -1.99. The molecule has 0 saturated carbocycles. The van der Waals surface area contributed by atoms with Gasteiger partial charge in [-0.2, -0.15) is 0 Å². The third kappa shape index (κ3) is 93.8. The zero-order chi connectivity index (χ0) is 7.86. The number of aliphatic hydroxyl groups is 1. The van der Waals surface area contributed by atoms with Crippen LogP contribution in [0.2, 0.25) is 0 Å². The Balaban J connectivity index is 0. The van der Waals surface area contributed by atoms with Crippen LogP contribution in [0.1, 0.15) is 20.8 Å². The Hall–Kier alpha value is -0.410. The van der Waals surface area contributed by atoms with Gasteiger partial charge in [-0.1, -0.05) is 0 Å². The Labute approximate surface area is 55.6 Å². The number of methoxy groups -OCH3 is 1. The van der Waals surface area contributed by atoms with E-state index in [0.717, 1.165) is 0 Å². The van der Waals surface area contributed by atoms with Gasteiger partial charge in [0.25, 0.3) is 0 Å². The third-order valence-corrected chi connectivity index (χ3v) is 0.341. The highest BCUT2D eigenvalue weighted by molar-refractivity contribution is 5.72. The summed E-state index contributed by atoms with van der Waals surface area (Å²) in [7, 11) is 1.45. The van der Waals surface area contributed by atoms with Crippen LogP contribution in [0, 0.1) is 0 Å². The number of Topliss-reactive ketones (excluding diaryl/α,β-unsaturated/α-hetero) is 1. The molecule has 0 aliphatic heterocycles. The first-order chi connectivity index (χ1) is 4.00. The average Bonchev–Trinajstić information content (AvgIpc) is 1.65. The highest BCUT2D eigenvalue weighted by Gasteiger charge is 1.80. The predicted octanol–water partition coefficient (Wildman–Crippen LogP) is 0.566. The molecule has 0 bridgehead atoms. The molecule has 0 spiro atoms. The average molecular weight is 134 g/mol. The molecule has 0 radical (unpaired) electrons. The van der Waals surface area contributed by atoms with Crippen LogP contribution in [-0.4, -0.2) is 24.3 Å². The van der Waals surface area contributed by atoms with Crippen molar-refractivity contribution in [3.05, 3.63) is 0 Å². The maximum atomic E-state index is 9.44. The van der Waals surface area contributed by atoms with E-state index < -0.39 is 6.29 Å². The summed E-state index contributed by atoms with van der Waals surface area (Å²) in [6.45, 7) is 4.61. The molecule has 0 aromatic heterocycles. The molecule has 0 aromatic carbocycles. The zero-order valence-electron chi connectivity index (χ0n) is 6.34. The summed E-state index contributed by atoms with van der Waals surface area (Å²) in [6.07, 6.45) is -0.616. The maximum absolute atomic E-state index is 9.44. The van der Waals surface area contributed by atoms with Crippen molar-refractivity contribution in [3.63, 3.8) is 0 Å². The van der Waals surface area contributed by atoms with Crippen molar-refractivity contribution >= 4 is 5.78 Å². The van der Waals surface area contributed by atoms with E-state index >= 15 is 0 Å². The van der Waals surface area contributed by atoms with E-state index in [1.54, 1.807) is 6.92 Å². The van der Waals surface area contributed by atoms with E-state index in [4.69, 9.17) is 5.11 Å². The van der Waals surface area contributed by atoms with Crippen LogP contribution >= 0.6 is 0 Å². The minimum absolute atomic E-state index is 0.167. The molecule has 1 unspecified atom stereocenters. The number of carbonyl (C=O) groups excluding carboxylic acids is 1. The summed E-state index contributed by atoms with van der Waals surface area (Å²) in [6, 6.07) is 0. The second-order valence-corrected chi connectivity index (χ2v) is 1.74. The third-order valence-electron chi connectivity index (χ3n) is 0.341. The molecule has 1 atom stereocenters. The Bertz CT molecular complexity index is 64.7. The molecule has 1 N–H and O–H groups in total. The molecule has 9 heavy (non-hydrogen) atoms. The molecule has 0 aromatic rings. The van der Waals surface area contributed by atoms with Crippen molar-refractivity contribution < 1.29 is 14.6 Å². The Morgan fingerprint density at radius 2 is 1.67 bits per heavy atom. The van der Waals surface area contributed by atoms with E-state index in [-0.39, 0.29) is 5.78 Å². The van der Waals surface area contributed by atoms with Gasteiger partial charge in [0, 0.05) is 7.11 Å². The summed E-state index contributed by atoms with van der Waals surface area (Å²) in [5, 5.41) is 8.14. The van der Waals surface area contributed by atoms with Crippen LogP contribution in [0.15, 0.2) is 0 Å². The molecule has 0 heterocycles. The van der Waals surface area contributed by atoms with Gasteiger partial charge in [-0.25, -0.2) is 0 Å². The first-order valence-corrected chi connectivity index (χ1v) is 2.68. The minimum Gasteiger partial charge on any atom is -0.368 e. The van der Waals surface area contributed by atoms with E-state index in [1.165, 1.54) is 21.0 Å². The second kappa shape index (κ2) is 7.59. The van der Waals surface area contributed by atoms with Gasteiger partial charge in [0.2, 0.25) is 0 Å². The molecule has 3 nitrogen and oxygen atoms in total. The number of aliphatic hydroxyl groups excluding tert-OH is 1. The number of hydrogen-bond acceptors (Lipinski definition) is 3. The molecule has 0 aliphatic rings. The van der Waals surface area contributed by atoms with Crippen LogP contribution in [0.5, 0.6) is 0 Å². The largest absolute Gasteiger partial charge is 0.368 e. The fraction of sp³-hybridized carbons (Fsp3) is 0.833. The number of ketones is 1. The van der Waals surface area contributed by atoms with E-state index in [1.807, 2.05) is 0 Å². The molecule has 0 fully saturated rings. The quantitative estimate of drug-likeness (QED) is 0.533. The Morgan fingerprint density at radius 1 is 1.56 bits per heavy atom. The molecule has 0 rings (SSSR count). The second-order valence-electron chi connectivity index (χ2n) is 1.74. The SMILES string of the molecule is CC(C)=O.COC(C)O. The smallest absolute Gasteiger partial charge is 0.151 e. The van der Waals surface area contributed by atoms with Crippen molar-refractivity contribution in [2.45, 2.75) is 27.1 Å². The van der Waals surface area contributed by atoms with Crippen molar-refractivity contribution in [2.75, 3.05) is 7.11 Å². The lowest BCUT2D eigenvalue weighted by atomic mass is 10.6. The number of rotatable bonds is 1. The number of hydrogen-bond donors (Lipinski definition) is 1. The van der Waals surface area contributed by atoms with Gasteiger partial charge in [-0.05, 0) is 20.8 Å². The summed E-state index contributed by atoms with van der Waals surface area (Å²) in [5.41, 5.74) is 0. The standard InChI is InChI=1S/C3H8O2.C3H6O/c1-3(4)5-2;1-3(2)4/h3-4H,1-2H3;1-2H3. The van der Waals surface area contributed by atoms with Gasteiger partial charge in [0.05, 0.1) is 0 Å². The van der Waals surface area contributed by atoms with Gasteiger partial charge in [0.15, 0.2) is 6.29 Å². The van der Waals surface area contributed by atoms with E-state index in [0.29, 0.717) is 0 Å². The van der Waals surface area contributed by atoms with Gasteiger partial charge in [0.1, 0.15) is 5.78 Å². The molecular formula is C6H14O3. The zero-order valence-corrected chi connectivity index (χ0v) is 6.34. The molecule has 3 heteroatoms. The summed E-state index contributed by atoms with van der Waals surface area (Å²) in [5.74, 6) is 0.167. The lowest BCUT2D eigenvalue weighted by Gasteiger charge is -1.94. The van der Waals surface area contributed by atoms with Crippen LogP contribution < -0.4 is 0 Å². The molecule has 0 aliphatic carbocycles. The Kier molecular flexibility index (Phi) is 9.61. The normalized spacial score (nSPS) is 11.2. The molecule has 56 valence electrons. The predicted molar refractivity (Wildman–Crippen MR) is 35.0 cm³/mol. The van der Waals surface area contributed by atoms with E-state index in [9.17, 15) is 4.79 Å². The molecule has 0 amide bonds. The summed E-state index contributed by atoms with van der Waals surface area (Å²) in [4.78, 5) is 9.44. The van der Waals surface area contributed by atoms with Crippen molar-refractivity contribution in [2.24, 2.45) is 0 Å². The van der Waals surface area contributed by atoms with Crippen molar-refractivity contribution in [1.29, 1.82) is 0 Å². The summed E-state index contributed by atoms with van der Waals surface area (Å²) < 4.78 is 4.31. The lowest BCUT2D eigenvalue weighted by molar-refractivity contribution is -0.115. The fourth-order valence-corrected chi connectivity index (χ4v) is 0. The van der Waals surface area contributed by atoms with Crippen LogP contribution in [0.3, 0.4) is 0 Å². The first kappa shape index (κ1) is 11.4. The van der Waals surface area contributed by atoms with Crippen molar-refractivity contribution in [1.82, 2.24) is 0 Å². The van der Waals surface area contributed by atoms with Crippen molar-refractivity contribution in [3.8, 4) is 0 Å². The summed E-state index contributed by atoms with van der Waals surface area (Å²) >= 11 is 0. The maximum Gasteiger partial charge on any atom is 0.151 e. The molecule has 0 saturated heterocycles. The number of ether oxygens (including phenoxy) is 1. The highest BCUT2D eigenvalue weighted by Crippen LogP contribution is 1.72. The fourth-order valence-electron chi connectivity index (χ4n) is 0. The first-order valence-electron chi connectivity index (χ1n) is 2.68. The Morgan fingerprint density at radius 3 is 1.67 bits per heavy atom. The number of carbonyl (C=O) groups is 1. The monoisotopic (exact) mass is 134 g/mol. The minimum atomic E-state index is -0.616. The van der Waals surface area contributed by atoms with Gasteiger partial charge >= 0.3 is 0 Å². The van der Waals surface area contributed by atoms with Crippen LogP contribution in [0.4, 0.5) is 0 Å². The van der Waals surface area contributed by atoms with Gasteiger partial charge in [-0.3, -0.25) is 0 Å². The topological polar surface area (TPSA) is 46.5 Å².